The molecule has 0 bridgehead atoms. The van der Waals surface area contributed by atoms with Crippen molar-refractivity contribution in [2.24, 2.45) is 0 Å². The van der Waals surface area contributed by atoms with Crippen LogP contribution in [0.1, 0.15) is 47.3 Å². The molecule has 5 nitrogen and oxygen atoms in total. The molecule has 1 atom stereocenters. The summed E-state index contributed by atoms with van der Waals surface area (Å²) in [5.74, 6) is -0.357. The van der Waals surface area contributed by atoms with Gasteiger partial charge in [-0.25, -0.2) is 9.59 Å². The Hall–Kier alpha value is -2.82. The SMILES string of the molecule is CCOC(=O)c1ccc(NC(=O)N2CCCC2c2ccc(C)cc2)cc1. The zero-order valence-corrected chi connectivity index (χ0v) is 15.2. The standard InChI is InChI=1S/C21H24N2O3/c1-3-26-20(24)17-10-12-18(13-11-17)22-21(25)23-14-4-5-19(23)16-8-6-15(2)7-9-16/h6-13,19H,3-5,14H2,1-2H3,(H,22,25). The molecule has 26 heavy (non-hydrogen) atoms. The highest BCUT2D eigenvalue weighted by Gasteiger charge is 2.29. The molecule has 5 heteroatoms. The van der Waals surface area contributed by atoms with Crippen LogP contribution in [0.15, 0.2) is 48.5 Å². The Bertz CT molecular complexity index is 769. The fourth-order valence-corrected chi connectivity index (χ4v) is 3.24. The molecule has 136 valence electrons. The summed E-state index contributed by atoms with van der Waals surface area (Å²) in [7, 11) is 0. The van der Waals surface area contributed by atoms with Crippen molar-refractivity contribution in [1.82, 2.24) is 4.90 Å². The van der Waals surface area contributed by atoms with Crippen LogP contribution in [0.3, 0.4) is 0 Å². The topological polar surface area (TPSA) is 58.6 Å². The van der Waals surface area contributed by atoms with Gasteiger partial charge in [-0.15, -0.1) is 0 Å². The summed E-state index contributed by atoms with van der Waals surface area (Å²) < 4.78 is 4.97. The van der Waals surface area contributed by atoms with Crippen molar-refractivity contribution in [2.45, 2.75) is 32.7 Å². The molecule has 1 heterocycles. The first-order valence-electron chi connectivity index (χ1n) is 9.00. The maximum atomic E-state index is 12.7. The Labute approximate surface area is 154 Å². The van der Waals surface area contributed by atoms with Crippen LogP contribution in [0, 0.1) is 6.92 Å². The number of aryl methyl sites for hydroxylation is 1. The van der Waals surface area contributed by atoms with Crippen LogP contribution < -0.4 is 5.32 Å². The number of anilines is 1. The lowest BCUT2D eigenvalue weighted by Crippen LogP contribution is -2.34. The number of esters is 1. The van der Waals surface area contributed by atoms with Gasteiger partial charge in [0.15, 0.2) is 0 Å². The maximum Gasteiger partial charge on any atom is 0.338 e. The molecule has 2 aromatic rings. The van der Waals surface area contributed by atoms with E-state index in [1.54, 1.807) is 31.2 Å². The van der Waals surface area contributed by atoms with Crippen molar-refractivity contribution in [3.05, 3.63) is 65.2 Å². The molecule has 1 aliphatic heterocycles. The fraction of sp³-hybridized carbons (Fsp3) is 0.333. The maximum absolute atomic E-state index is 12.7. The molecule has 2 amide bonds. The highest BCUT2D eigenvalue weighted by molar-refractivity contribution is 5.92. The second-order valence-electron chi connectivity index (χ2n) is 6.49. The third-order valence-corrected chi connectivity index (χ3v) is 4.62. The van der Waals surface area contributed by atoms with Gasteiger partial charge >= 0.3 is 12.0 Å². The number of hydrogen-bond acceptors (Lipinski definition) is 3. The summed E-state index contributed by atoms with van der Waals surface area (Å²) in [6.45, 7) is 4.91. The number of benzene rings is 2. The fourth-order valence-electron chi connectivity index (χ4n) is 3.24. The molecule has 1 fully saturated rings. The van der Waals surface area contributed by atoms with Crippen LogP contribution in [-0.2, 0) is 4.74 Å². The number of ether oxygens (including phenoxy) is 1. The molecular weight excluding hydrogens is 328 g/mol. The van der Waals surface area contributed by atoms with Crippen LogP contribution in [0.4, 0.5) is 10.5 Å². The van der Waals surface area contributed by atoms with Gasteiger partial charge in [0.1, 0.15) is 0 Å². The van der Waals surface area contributed by atoms with Crippen molar-refractivity contribution in [3.8, 4) is 0 Å². The van der Waals surface area contributed by atoms with Gasteiger partial charge in [0.2, 0.25) is 0 Å². The minimum Gasteiger partial charge on any atom is -0.462 e. The molecule has 3 rings (SSSR count). The van der Waals surface area contributed by atoms with Crippen molar-refractivity contribution in [1.29, 1.82) is 0 Å². The number of amides is 2. The number of hydrogen-bond donors (Lipinski definition) is 1. The van der Waals surface area contributed by atoms with Gasteiger partial charge in [0.25, 0.3) is 0 Å². The van der Waals surface area contributed by atoms with E-state index in [4.69, 9.17) is 4.74 Å². The molecule has 2 aromatic carbocycles. The Morgan fingerprint density at radius 1 is 1.12 bits per heavy atom. The van der Waals surface area contributed by atoms with E-state index in [-0.39, 0.29) is 18.0 Å². The second kappa shape index (κ2) is 8.04. The monoisotopic (exact) mass is 352 g/mol. The zero-order chi connectivity index (χ0) is 18.5. The van der Waals surface area contributed by atoms with Crippen molar-refractivity contribution in [3.63, 3.8) is 0 Å². The molecule has 0 aromatic heterocycles. The van der Waals surface area contributed by atoms with Crippen LogP contribution in [0.25, 0.3) is 0 Å². The van der Waals surface area contributed by atoms with Gasteiger partial charge in [0.05, 0.1) is 18.2 Å². The van der Waals surface area contributed by atoms with E-state index >= 15 is 0 Å². The van der Waals surface area contributed by atoms with Crippen LogP contribution in [0.5, 0.6) is 0 Å². The zero-order valence-electron chi connectivity index (χ0n) is 15.2. The van der Waals surface area contributed by atoms with E-state index in [2.05, 4.69) is 36.5 Å². The molecule has 0 spiro atoms. The van der Waals surface area contributed by atoms with Crippen LogP contribution in [-0.4, -0.2) is 30.1 Å². The number of carbonyl (C=O) groups is 2. The lowest BCUT2D eigenvalue weighted by Gasteiger charge is -2.25. The summed E-state index contributed by atoms with van der Waals surface area (Å²) in [4.78, 5) is 26.3. The summed E-state index contributed by atoms with van der Waals surface area (Å²) in [6, 6.07) is 15.1. The van der Waals surface area contributed by atoms with Crippen molar-refractivity contribution < 1.29 is 14.3 Å². The summed E-state index contributed by atoms with van der Waals surface area (Å²) >= 11 is 0. The van der Waals surface area contributed by atoms with Crippen molar-refractivity contribution in [2.75, 3.05) is 18.5 Å². The third-order valence-electron chi connectivity index (χ3n) is 4.62. The van der Waals surface area contributed by atoms with E-state index in [1.165, 1.54) is 11.1 Å². The minimum absolute atomic E-state index is 0.106. The largest absolute Gasteiger partial charge is 0.462 e. The molecule has 0 radical (unpaired) electrons. The highest BCUT2D eigenvalue weighted by atomic mass is 16.5. The number of carbonyl (C=O) groups excluding carboxylic acids is 2. The summed E-state index contributed by atoms with van der Waals surface area (Å²) in [5.41, 5.74) is 3.52. The van der Waals surface area contributed by atoms with E-state index in [0.29, 0.717) is 17.9 Å². The predicted octanol–water partition coefficient (Wildman–Crippen LogP) is 4.54. The highest BCUT2D eigenvalue weighted by Crippen LogP contribution is 2.32. The smallest absolute Gasteiger partial charge is 0.338 e. The molecule has 1 N–H and O–H groups in total. The van der Waals surface area contributed by atoms with Gasteiger partial charge in [-0.2, -0.15) is 0 Å². The van der Waals surface area contributed by atoms with Gasteiger partial charge in [-0.05, 0) is 56.5 Å². The normalized spacial score (nSPS) is 16.4. The molecular formula is C21H24N2O3. The number of urea groups is 1. The average Bonchev–Trinajstić information content (AvgIpc) is 3.13. The average molecular weight is 352 g/mol. The quantitative estimate of drug-likeness (QED) is 0.822. The van der Waals surface area contributed by atoms with E-state index in [1.807, 2.05) is 4.90 Å². The number of likely N-dealkylation sites (tertiary alicyclic amines) is 1. The predicted molar refractivity (Wildman–Crippen MR) is 101 cm³/mol. The number of nitrogens with one attached hydrogen (secondary N) is 1. The van der Waals surface area contributed by atoms with Gasteiger partial charge < -0.3 is 15.0 Å². The molecule has 1 aliphatic rings. The van der Waals surface area contributed by atoms with Crippen LogP contribution >= 0.6 is 0 Å². The third kappa shape index (κ3) is 4.04. The Kier molecular flexibility index (Phi) is 5.56. The Morgan fingerprint density at radius 2 is 1.81 bits per heavy atom. The lowest BCUT2D eigenvalue weighted by molar-refractivity contribution is 0.0526. The van der Waals surface area contributed by atoms with Gasteiger partial charge in [0, 0.05) is 12.2 Å². The van der Waals surface area contributed by atoms with Gasteiger partial charge in [-0.3, -0.25) is 0 Å². The van der Waals surface area contributed by atoms with E-state index < -0.39 is 0 Å². The first kappa shape index (κ1) is 18.0. The molecule has 1 saturated heterocycles. The first-order chi connectivity index (χ1) is 12.6. The molecule has 1 unspecified atom stereocenters. The minimum atomic E-state index is -0.357. The Morgan fingerprint density at radius 3 is 2.46 bits per heavy atom. The first-order valence-corrected chi connectivity index (χ1v) is 9.00. The lowest BCUT2D eigenvalue weighted by atomic mass is 10.0. The van der Waals surface area contributed by atoms with E-state index in [0.717, 1.165) is 19.4 Å². The number of nitrogens with zero attached hydrogens (tertiary/aromatic N) is 1. The van der Waals surface area contributed by atoms with E-state index in [9.17, 15) is 9.59 Å². The van der Waals surface area contributed by atoms with Crippen molar-refractivity contribution >= 4 is 17.7 Å². The molecule has 0 aliphatic carbocycles. The molecule has 0 saturated carbocycles. The Balaban J connectivity index is 1.67. The summed E-state index contributed by atoms with van der Waals surface area (Å²) in [5, 5.41) is 2.93. The second-order valence-corrected chi connectivity index (χ2v) is 6.49. The summed E-state index contributed by atoms with van der Waals surface area (Å²) in [6.07, 6.45) is 1.96. The van der Waals surface area contributed by atoms with Gasteiger partial charge in [-0.1, -0.05) is 29.8 Å². The van der Waals surface area contributed by atoms with Crippen LogP contribution in [0.2, 0.25) is 0 Å². The number of rotatable bonds is 4.